The summed E-state index contributed by atoms with van der Waals surface area (Å²) < 4.78 is 0. The number of hydrogen-bond donors (Lipinski definition) is 1. The highest BCUT2D eigenvalue weighted by atomic mass is 16.1. The first kappa shape index (κ1) is 20.8. The standard InChI is InChI=1S/C25H29N2O2/c1-18(9-8-16-28)22-14-6-13-21-17-27-19(2)23(24(21)22)25(29)26-15-7-12-20-10-4-3-5-11-20/h3-6,10-11,13-14,16,18H,7-9,12,15,17H2,1-2H3,(H,26,29)/t18-/m0/s1. The van der Waals surface area contributed by atoms with Gasteiger partial charge in [0.15, 0.2) is 0 Å². The van der Waals surface area contributed by atoms with Crippen molar-refractivity contribution >= 4 is 17.8 Å². The molecule has 4 heteroatoms. The molecule has 0 saturated heterocycles. The van der Waals surface area contributed by atoms with E-state index < -0.39 is 0 Å². The van der Waals surface area contributed by atoms with Crippen molar-refractivity contribution in [1.82, 2.24) is 10.6 Å². The highest BCUT2D eigenvalue weighted by molar-refractivity contribution is 6.21. The summed E-state index contributed by atoms with van der Waals surface area (Å²) in [5, 5.41) is 7.67. The number of carbonyl (C=O) groups is 2. The monoisotopic (exact) mass is 389 g/mol. The average Bonchev–Trinajstić information content (AvgIpc) is 2.75. The molecule has 0 unspecified atom stereocenters. The van der Waals surface area contributed by atoms with Crippen LogP contribution in [0.4, 0.5) is 0 Å². The maximum Gasteiger partial charge on any atom is 0.253 e. The van der Waals surface area contributed by atoms with Gasteiger partial charge in [0.05, 0.1) is 12.1 Å². The van der Waals surface area contributed by atoms with Gasteiger partial charge in [-0.1, -0.05) is 55.5 Å². The largest absolute Gasteiger partial charge is 0.352 e. The molecule has 0 aliphatic carbocycles. The number of hydrogen-bond acceptors (Lipinski definition) is 2. The predicted molar refractivity (Wildman–Crippen MR) is 116 cm³/mol. The molecular formula is C25H29N2O2. The molecule has 0 spiro atoms. The lowest BCUT2D eigenvalue weighted by atomic mass is 9.83. The molecule has 1 heterocycles. The maximum absolute atomic E-state index is 13.1. The molecule has 1 amide bonds. The van der Waals surface area contributed by atoms with Crippen molar-refractivity contribution in [2.75, 3.05) is 6.54 Å². The number of rotatable bonds is 9. The third-order valence-electron chi connectivity index (χ3n) is 5.53. The van der Waals surface area contributed by atoms with Crippen LogP contribution in [0.25, 0.3) is 5.57 Å². The van der Waals surface area contributed by atoms with E-state index in [2.05, 4.69) is 35.8 Å². The molecular weight excluding hydrogens is 360 g/mol. The van der Waals surface area contributed by atoms with E-state index in [1.165, 1.54) is 5.56 Å². The fraction of sp³-hybridized carbons (Fsp3) is 0.360. The molecule has 1 atom stereocenters. The van der Waals surface area contributed by atoms with E-state index in [0.717, 1.165) is 47.9 Å². The van der Waals surface area contributed by atoms with Crippen molar-refractivity contribution in [2.45, 2.75) is 52.0 Å². The van der Waals surface area contributed by atoms with Crippen molar-refractivity contribution in [2.24, 2.45) is 0 Å². The van der Waals surface area contributed by atoms with E-state index in [1.807, 2.05) is 37.3 Å². The zero-order chi connectivity index (χ0) is 20.6. The van der Waals surface area contributed by atoms with Crippen LogP contribution in [0.5, 0.6) is 0 Å². The van der Waals surface area contributed by atoms with Crippen molar-refractivity contribution in [1.29, 1.82) is 0 Å². The number of nitrogens with one attached hydrogen (secondary N) is 1. The zero-order valence-electron chi connectivity index (χ0n) is 17.3. The van der Waals surface area contributed by atoms with Crippen molar-refractivity contribution in [3.8, 4) is 0 Å². The molecule has 3 rings (SSSR count). The number of aldehydes is 1. The SMILES string of the molecule is CC1=C(C(=O)NCCCc2ccccc2)c2c(cccc2[C@@H](C)CCC=O)C[N]1. The Kier molecular flexibility index (Phi) is 7.23. The highest BCUT2D eigenvalue weighted by Crippen LogP contribution is 2.35. The lowest BCUT2D eigenvalue weighted by Crippen LogP contribution is -2.30. The number of benzene rings is 2. The second-order valence-corrected chi connectivity index (χ2v) is 7.65. The normalized spacial score (nSPS) is 14.0. The smallest absolute Gasteiger partial charge is 0.253 e. The van der Waals surface area contributed by atoms with Gasteiger partial charge in [-0.2, -0.15) is 0 Å². The van der Waals surface area contributed by atoms with E-state index in [0.29, 0.717) is 25.1 Å². The molecule has 1 aliphatic rings. The Morgan fingerprint density at radius 1 is 1.17 bits per heavy atom. The first-order chi connectivity index (χ1) is 14.1. The summed E-state index contributed by atoms with van der Waals surface area (Å²) in [5.74, 6) is 0.150. The highest BCUT2D eigenvalue weighted by Gasteiger charge is 2.27. The minimum atomic E-state index is -0.0599. The molecule has 2 aromatic rings. The van der Waals surface area contributed by atoms with Crippen LogP contribution in [0, 0.1) is 0 Å². The molecule has 1 radical (unpaired) electrons. The van der Waals surface area contributed by atoms with Gasteiger partial charge in [0.2, 0.25) is 0 Å². The number of amides is 1. The summed E-state index contributed by atoms with van der Waals surface area (Å²) in [6.45, 7) is 5.26. The van der Waals surface area contributed by atoms with Gasteiger partial charge in [-0.3, -0.25) is 10.1 Å². The summed E-state index contributed by atoms with van der Waals surface area (Å²) in [6.07, 6.45) is 4.10. The summed E-state index contributed by atoms with van der Waals surface area (Å²) in [6, 6.07) is 16.5. The first-order valence-corrected chi connectivity index (χ1v) is 10.4. The molecule has 0 aromatic heterocycles. The van der Waals surface area contributed by atoms with Crippen LogP contribution < -0.4 is 10.6 Å². The second-order valence-electron chi connectivity index (χ2n) is 7.65. The maximum atomic E-state index is 13.1. The molecule has 0 bridgehead atoms. The molecule has 0 saturated carbocycles. The van der Waals surface area contributed by atoms with Crippen molar-refractivity contribution < 1.29 is 9.59 Å². The summed E-state index contributed by atoms with van der Waals surface area (Å²) in [5.41, 5.74) is 5.97. The van der Waals surface area contributed by atoms with E-state index in [-0.39, 0.29) is 11.8 Å². The van der Waals surface area contributed by atoms with Crippen molar-refractivity contribution in [3.05, 3.63) is 76.5 Å². The average molecular weight is 390 g/mol. The van der Waals surface area contributed by atoms with Crippen LogP contribution in [-0.4, -0.2) is 18.7 Å². The number of aryl methyl sites for hydroxylation is 1. The number of nitrogens with zero attached hydrogens (tertiary/aromatic N) is 1. The Labute approximate surface area is 173 Å². The topological polar surface area (TPSA) is 60.3 Å². The zero-order valence-corrected chi connectivity index (χ0v) is 17.3. The minimum Gasteiger partial charge on any atom is -0.352 e. The van der Waals surface area contributed by atoms with E-state index in [1.54, 1.807) is 0 Å². The third kappa shape index (κ3) is 5.14. The molecule has 1 aliphatic heterocycles. The number of fused-ring (bicyclic) bond motifs is 1. The van der Waals surface area contributed by atoms with Crippen molar-refractivity contribution in [3.63, 3.8) is 0 Å². The van der Waals surface area contributed by atoms with Gasteiger partial charge < -0.3 is 10.1 Å². The molecule has 4 nitrogen and oxygen atoms in total. The van der Waals surface area contributed by atoms with E-state index in [4.69, 9.17) is 0 Å². The second kappa shape index (κ2) is 10.1. The Morgan fingerprint density at radius 2 is 1.97 bits per heavy atom. The fourth-order valence-electron chi connectivity index (χ4n) is 3.91. The molecule has 151 valence electrons. The Morgan fingerprint density at radius 3 is 2.72 bits per heavy atom. The lowest BCUT2D eigenvalue weighted by molar-refractivity contribution is -0.115. The summed E-state index contributed by atoms with van der Waals surface area (Å²) >= 11 is 0. The summed E-state index contributed by atoms with van der Waals surface area (Å²) in [7, 11) is 0. The number of carbonyl (C=O) groups excluding carboxylic acids is 2. The predicted octanol–water partition coefficient (Wildman–Crippen LogP) is 4.37. The Balaban J connectivity index is 1.73. The summed E-state index contributed by atoms with van der Waals surface area (Å²) in [4.78, 5) is 23.9. The fourth-order valence-corrected chi connectivity index (χ4v) is 3.91. The van der Waals surface area contributed by atoms with Crippen LogP contribution in [0.2, 0.25) is 0 Å². The molecule has 29 heavy (non-hydrogen) atoms. The van der Waals surface area contributed by atoms with Crippen LogP contribution in [-0.2, 0) is 22.6 Å². The van der Waals surface area contributed by atoms with Gasteiger partial charge in [0, 0.05) is 18.7 Å². The quantitative estimate of drug-likeness (QED) is 0.511. The lowest BCUT2D eigenvalue weighted by Gasteiger charge is -2.26. The van der Waals surface area contributed by atoms with Gasteiger partial charge >= 0.3 is 0 Å². The van der Waals surface area contributed by atoms with Crippen LogP contribution in [0.15, 0.2) is 54.2 Å². The third-order valence-corrected chi connectivity index (χ3v) is 5.53. The van der Waals surface area contributed by atoms with Gasteiger partial charge in [-0.25, -0.2) is 0 Å². The minimum absolute atomic E-state index is 0.0599. The first-order valence-electron chi connectivity index (χ1n) is 10.4. The van der Waals surface area contributed by atoms with Gasteiger partial charge in [-0.05, 0) is 54.4 Å². The molecule has 2 aromatic carbocycles. The number of allylic oxidation sites excluding steroid dienone is 1. The molecule has 0 fully saturated rings. The van der Waals surface area contributed by atoms with Crippen LogP contribution in [0.1, 0.15) is 61.3 Å². The van der Waals surface area contributed by atoms with Gasteiger partial charge in [0.1, 0.15) is 6.29 Å². The van der Waals surface area contributed by atoms with Crippen LogP contribution in [0.3, 0.4) is 0 Å². The van der Waals surface area contributed by atoms with Gasteiger partial charge in [0.25, 0.3) is 5.91 Å². The van der Waals surface area contributed by atoms with E-state index >= 15 is 0 Å². The van der Waals surface area contributed by atoms with E-state index in [9.17, 15) is 9.59 Å². The van der Waals surface area contributed by atoms with Crippen LogP contribution >= 0.6 is 0 Å². The molecule has 1 N–H and O–H groups in total. The Hall–Kier alpha value is -2.88. The van der Waals surface area contributed by atoms with Gasteiger partial charge in [-0.15, -0.1) is 0 Å². The Bertz CT molecular complexity index is 887.